The van der Waals surface area contributed by atoms with Crippen molar-refractivity contribution in [3.05, 3.63) is 52.2 Å². The number of thiazole rings is 1. The molecule has 0 fully saturated rings. The number of benzene rings is 1. The Bertz CT molecular complexity index is 900. The van der Waals surface area contributed by atoms with E-state index in [1.54, 1.807) is 23.5 Å². The average molecular weight is 372 g/mol. The van der Waals surface area contributed by atoms with Gasteiger partial charge in [-0.05, 0) is 29.8 Å². The van der Waals surface area contributed by atoms with Crippen LogP contribution in [0.15, 0.2) is 41.8 Å². The lowest BCUT2D eigenvalue weighted by molar-refractivity contribution is -0.255. The molecule has 128 valence electrons. The Labute approximate surface area is 152 Å². The van der Waals surface area contributed by atoms with E-state index in [9.17, 15) is 14.7 Å². The zero-order valence-corrected chi connectivity index (χ0v) is 14.9. The van der Waals surface area contributed by atoms with E-state index in [2.05, 4.69) is 15.6 Å². The lowest BCUT2D eigenvalue weighted by Crippen LogP contribution is -2.21. The number of nitrogens with one attached hydrogen (secondary N) is 2. The highest BCUT2D eigenvalue weighted by Gasteiger charge is 2.08. The van der Waals surface area contributed by atoms with E-state index in [0.29, 0.717) is 11.7 Å². The zero-order chi connectivity index (χ0) is 17.8. The third kappa shape index (κ3) is 4.43. The summed E-state index contributed by atoms with van der Waals surface area (Å²) >= 11 is 3.05. The average Bonchev–Trinajstić information content (AvgIpc) is 3.22. The maximum atomic E-state index is 11.0. The molecule has 0 unspecified atom stereocenters. The minimum absolute atomic E-state index is 0.0557. The molecule has 2 aromatic heterocycles. The van der Waals surface area contributed by atoms with E-state index >= 15 is 0 Å². The summed E-state index contributed by atoms with van der Waals surface area (Å²) in [7, 11) is 0. The highest BCUT2D eigenvalue weighted by Crippen LogP contribution is 2.31. The summed E-state index contributed by atoms with van der Waals surface area (Å²) in [6.07, 6.45) is 0. The fourth-order valence-electron chi connectivity index (χ4n) is 2.08. The van der Waals surface area contributed by atoms with Gasteiger partial charge in [0.2, 0.25) is 5.91 Å². The maximum absolute atomic E-state index is 11.0. The Morgan fingerprint density at radius 2 is 1.92 bits per heavy atom. The number of carbonyl (C=O) groups is 2. The number of amides is 1. The second-order valence-electron chi connectivity index (χ2n) is 5.20. The highest BCUT2D eigenvalue weighted by molar-refractivity contribution is 7.17. The van der Waals surface area contributed by atoms with E-state index in [1.165, 1.54) is 30.4 Å². The molecule has 25 heavy (non-hydrogen) atoms. The topological polar surface area (TPSA) is 94.2 Å². The Morgan fingerprint density at radius 3 is 2.60 bits per heavy atom. The number of thiophene rings is 1. The third-order valence-electron chi connectivity index (χ3n) is 3.30. The molecule has 0 aliphatic rings. The second-order valence-corrected chi connectivity index (χ2v) is 7.23. The lowest BCUT2D eigenvalue weighted by Gasteiger charge is -2.05. The molecule has 0 bridgehead atoms. The number of aromatic nitrogens is 1. The van der Waals surface area contributed by atoms with Gasteiger partial charge in [0.25, 0.3) is 0 Å². The van der Waals surface area contributed by atoms with Crippen molar-refractivity contribution in [1.82, 2.24) is 10.3 Å². The molecule has 0 atom stereocenters. The molecule has 2 N–H and O–H groups in total. The molecule has 2 heterocycles. The normalized spacial score (nSPS) is 10.4. The molecule has 3 aromatic rings. The number of aromatic carboxylic acids is 1. The van der Waals surface area contributed by atoms with Crippen LogP contribution in [0.3, 0.4) is 0 Å². The molecule has 0 saturated heterocycles. The largest absolute Gasteiger partial charge is 0.545 e. The van der Waals surface area contributed by atoms with Crippen LogP contribution in [0.5, 0.6) is 0 Å². The van der Waals surface area contributed by atoms with Gasteiger partial charge in [-0.2, -0.15) is 0 Å². The zero-order valence-electron chi connectivity index (χ0n) is 13.2. The first-order valence-corrected chi connectivity index (χ1v) is 9.08. The highest BCUT2D eigenvalue weighted by atomic mass is 32.1. The number of hydrogen-bond donors (Lipinski definition) is 2. The van der Waals surface area contributed by atoms with E-state index < -0.39 is 5.97 Å². The first-order valence-electron chi connectivity index (χ1n) is 7.39. The smallest absolute Gasteiger partial charge is 0.217 e. The van der Waals surface area contributed by atoms with Crippen molar-refractivity contribution in [1.29, 1.82) is 0 Å². The molecule has 0 radical (unpaired) electrons. The van der Waals surface area contributed by atoms with Gasteiger partial charge in [-0.25, -0.2) is 4.98 Å². The van der Waals surface area contributed by atoms with Crippen LogP contribution >= 0.6 is 22.7 Å². The van der Waals surface area contributed by atoms with Crippen molar-refractivity contribution in [2.75, 3.05) is 5.32 Å². The number of carboxylic acids is 1. The summed E-state index contributed by atoms with van der Waals surface area (Å²) in [5, 5.41) is 19.3. The van der Waals surface area contributed by atoms with Gasteiger partial charge >= 0.3 is 0 Å². The summed E-state index contributed by atoms with van der Waals surface area (Å²) in [6, 6.07) is 10.3. The fraction of sp³-hybridized carbons (Fsp3) is 0.118. The summed E-state index contributed by atoms with van der Waals surface area (Å²) in [5.74, 6) is -1.25. The summed E-state index contributed by atoms with van der Waals surface area (Å²) in [4.78, 5) is 28.3. The lowest BCUT2D eigenvalue weighted by atomic mass is 10.2. The molecule has 0 spiro atoms. The van der Waals surface area contributed by atoms with Crippen molar-refractivity contribution in [3.8, 4) is 10.6 Å². The van der Waals surface area contributed by atoms with Crippen LogP contribution in [0.1, 0.15) is 22.2 Å². The van der Waals surface area contributed by atoms with Crippen molar-refractivity contribution in [2.24, 2.45) is 0 Å². The van der Waals surface area contributed by atoms with Gasteiger partial charge < -0.3 is 20.5 Å². The Hall–Kier alpha value is -2.71. The molecule has 1 amide bonds. The number of nitrogens with zero attached hydrogens (tertiary/aromatic N) is 1. The summed E-state index contributed by atoms with van der Waals surface area (Å²) < 4.78 is 0. The van der Waals surface area contributed by atoms with Crippen molar-refractivity contribution < 1.29 is 14.7 Å². The van der Waals surface area contributed by atoms with Gasteiger partial charge in [0.05, 0.1) is 23.1 Å². The number of anilines is 2. The molecule has 3 rings (SSSR count). The number of rotatable bonds is 6. The number of carbonyl (C=O) groups excluding carboxylic acids is 2. The quantitative estimate of drug-likeness (QED) is 0.694. The van der Waals surface area contributed by atoms with Crippen LogP contribution in [-0.2, 0) is 11.3 Å². The second kappa shape index (κ2) is 7.45. The van der Waals surface area contributed by atoms with Crippen LogP contribution in [0.4, 0.5) is 10.8 Å². The molecule has 0 aliphatic carbocycles. The predicted octanol–water partition coefficient (Wildman–Crippen LogP) is 2.61. The van der Waals surface area contributed by atoms with Crippen molar-refractivity contribution in [3.63, 3.8) is 0 Å². The molecule has 6 nitrogen and oxygen atoms in total. The molecular weight excluding hydrogens is 358 g/mol. The van der Waals surface area contributed by atoms with Gasteiger partial charge in [0, 0.05) is 22.9 Å². The molecule has 1 aromatic carbocycles. The Kier molecular flexibility index (Phi) is 5.11. The SMILES string of the molecule is CC(=O)NCc1ccc(-c2csc(Nc3ccc(C(=O)[O-])cc3)n2)s1. The van der Waals surface area contributed by atoms with Crippen LogP contribution < -0.4 is 15.7 Å². The van der Waals surface area contributed by atoms with Crippen LogP contribution in [0, 0.1) is 0 Å². The first-order chi connectivity index (χ1) is 12.0. The third-order valence-corrected chi connectivity index (χ3v) is 5.17. The monoisotopic (exact) mass is 372 g/mol. The Balaban J connectivity index is 1.68. The van der Waals surface area contributed by atoms with Crippen molar-refractivity contribution in [2.45, 2.75) is 13.5 Å². The van der Waals surface area contributed by atoms with Crippen molar-refractivity contribution >= 4 is 45.4 Å². The molecular formula is C17H14N3O3S2-. The van der Waals surface area contributed by atoms with E-state index in [1.807, 2.05) is 17.5 Å². The van der Waals surface area contributed by atoms with Gasteiger partial charge in [-0.1, -0.05) is 12.1 Å². The Morgan fingerprint density at radius 1 is 1.16 bits per heavy atom. The molecule has 8 heteroatoms. The van der Waals surface area contributed by atoms with Gasteiger partial charge in [-0.3, -0.25) is 4.79 Å². The van der Waals surface area contributed by atoms with Crippen LogP contribution in [-0.4, -0.2) is 16.9 Å². The summed E-state index contributed by atoms with van der Waals surface area (Å²) in [6.45, 7) is 2.01. The number of hydrogen-bond acceptors (Lipinski definition) is 7. The maximum Gasteiger partial charge on any atom is 0.217 e. The van der Waals surface area contributed by atoms with E-state index in [-0.39, 0.29) is 11.5 Å². The van der Waals surface area contributed by atoms with Crippen LogP contribution in [0.25, 0.3) is 10.6 Å². The standard InChI is InChI=1S/C17H15N3O3S2/c1-10(21)18-8-13-6-7-15(25-13)14-9-24-17(20-14)19-12-4-2-11(3-5-12)16(22)23/h2-7,9H,8H2,1H3,(H,18,21)(H,19,20)(H,22,23)/p-1. The minimum atomic E-state index is -1.20. The molecule has 0 saturated carbocycles. The van der Waals surface area contributed by atoms with Gasteiger partial charge in [-0.15, -0.1) is 22.7 Å². The summed E-state index contributed by atoms with van der Waals surface area (Å²) in [5.41, 5.74) is 1.75. The van der Waals surface area contributed by atoms with E-state index in [0.717, 1.165) is 21.1 Å². The molecule has 0 aliphatic heterocycles. The number of carboxylic acid groups (broad SMARTS) is 1. The fourth-order valence-corrected chi connectivity index (χ4v) is 3.79. The van der Waals surface area contributed by atoms with E-state index in [4.69, 9.17) is 0 Å². The minimum Gasteiger partial charge on any atom is -0.545 e. The van der Waals surface area contributed by atoms with Gasteiger partial charge in [0.15, 0.2) is 5.13 Å². The van der Waals surface area contributed by atoms with Gasteiger partial charge in [0.1, 0.15) is 0 Å². The predicted molar refractivity (Wildman–Crippen MR) is 97.0 cm³/mol. The van der Waals surface area contributed by atoms with Crippen LogP contribution in [0.2, 0.25) is 0 Å². The first kappa shape index (κ1) is 17.1.